The Morgan fingerprint density at radius 2 is 1.83 bits per heavy atom. The predicted octanol–water partition coefficient (Wildman–Crippen LogP) is 3.22. The smallest absolute Gasteiger partial charge is 0.416 e. The van der Waals surface area contributed by atoms with Gasteiger partial charge in [0.2, 0.25) is 0 Å². The zero-order valence-electron chi connectivity index (χ0n) is 13.4. The van der Waals surface area contributed by atoms with E-state index in [0.29, 0.717) is 0 Å². The third-order valence-electron chi connectivity index (χ3n) is 2.93. The Hall–Kier alpha value is -1.80. The van der Waals surface area contributed by atoms with Crippen LogP contribution >= 0.6 is 0 Å². The van der Waals surface area contributed by atoms with Crippen molar-refractivity contribution in [2.75, 3.05) is 11.9 Å². The van der Waals surface area contributed by atoms with Crippen LogP contribution in [0.1, 0.15) is 38.8 Å². The highest BCUT2D eigenvalue weighted by atomic mass is 19.4. The van der Waals surface area contributed by atoms with Gasteiger partial charge in [-0.3, -0.25) is 5.32 Å². The lowest BCUT2D eigenvalue weighted by Crippen LogP contribution is -2.38. The molecule has 23 heavy (non-hydrogen) atoms. The summed E-state index contributed by atoms with van der Waals surface area (Å²) in [6, 6.07) is 2.74. The second kappa shape index (κ2) is 6.37. The second-order valence-electron chi connectivity index (χ2n) is 6.46. The van der Waals surface area contributed by atoms with Crippen molar-refractivity contribution >= 4 is 11.8 Å². The van der Waals surface area contributed by atoms with Gasteiger partial charge in [-0.05, 0) is 45.4 Å². The monoisotopic (exact) mass is 334 g/mol. The van der Waals surface area contributed by atoms with Crippen molar-refractivity contribution in [1.29, 1.82) is 0 Å². The van der Waals surface area contributed by atoms with Crippen LogP contribution in [0.4, 0.5) is 23.7 Å². The average Bonchev–Trinajstić information content (AvgIpc) is 2.35. The van der Waals surface area contributed by atoms with Crippen LogP contribution in [0.15, 0.2) is 18.2 Å². The Morgan fingerprint density at radius 3 is 2.26 bits per heavy atom. The molecule has 0 saturated carbocycles. The molecule has 1 amide bonds. The van der Waals surface area contributed by atoms with Crippen molar-refractivity contribution in [3.8, 4) is 0 Å². The van der Waals surface area contributed by atoms with Crippen LogP contribution in [0.2, 0.25) is 0 Å². The maximum Gasteiger partial charge on any atom is 0.416 e. The minimum Gasteiger partial charge on any atom is -0.444 e. The number of aliphatic hydroxyl groups is 1. The lowest BCUT2D eigenvalue weighted by Gasteiger charge is -2.27. The Labute approximate surface area is 132 Å². The van der Waals surface area contributed by atoms with Crippen LogP contribution in [-0.4, -0.2) is 23.4 Å². The summed E-state index contributed by atoms with van der Waals surface area (Å²) < 4.78 is 43.6. The molecule has 8 heteroatoms. The lowest BCUT2D eigenvalue weighted by atomic mass is 9.91. The van der Waals surface area contributed by atoms with Crippen LogP contribution in [-0.2, 0) is 16.5 Å². The number of amides is 1. The SMILES string of the molecule is CC(C)(C)OC(=O)Nc1cc(C(F)(F)F)ccc1C(C)(N)CO. The maximum atomic E-state index is 12.9. The molecule has 0 aliphatic carbocycles. The summed E-state index contributed by atoms with van der Waals surface area (Å²) in [4.78, 5) is 11.8. The normalized spacial score (nSPS) is 15.0. The first-order chi connectivity index (χ1) is 10.3. The number of ether oxygens (including phenoxy) is 1. The van der Waals surface area contributed by atoms with E-state index >= 15 is 0 Å². The van der Waals surface area contributed by atoms with Crippen molar-refractivity contribution < 1.29 is 27.8 Å². The predicted molar refractivity (Wildman–Crippen MR) is 79.9 cm³/mol. The molecule has 0 fully saturated rings. The Morgan fingerprint density at radius 1 is 1.26 bits per heavy atom. The second-order valence-corrected chi connectivity index (χ2v) is 6.46. The van der Waals surface area contributed by atoms with Crippen molar-refractivity contribution in [3.63, 3.8) is 0 Å². The number of alkyl halides is 3. The number of rotatable bonds is 3. The number of nitrogens with two attached hydrogens (primary N) is 1. The van der Waals surface area contributed by atoms with Gasteiger partial charge in [-0.15, -0.1) is 0 Å². The van der Waals surface area contributed by atoms with Crippen LogP contribution in [0.3, 0.4) is 0 Å². The molecular formula is C15H21F3N2O3. The fourth-order valence-electron chi connectivity index (χ4n) is 1.82. The van der Waals surface area contributed by atoms with Gasteiger partial charge in [0.1, 0.15) is 5.60 Å². The molecule has 5 nitrogen and oxygen atoms in total. The molecule has 1 unspecified atom stereocenters. The van der Waals surface area contributed by atoms with Gasteiger partial charge in [0.05, 0.1) is 17.7 Å². The minimum absolute atomic E-state index is 0.159. The summed E-state index contributed by atoms with van der Waals surface area (Å²) in [6.45, 7) is 5.80. The summed E-state index contributed by atoms with van der Waals surface area (Å²) in [5.74, 6) is 0. The van der Waals surface area contributed by atoms with Gasteiger partial charge in [-0.25, -0.2) is 4.79 Å². The number of hydrogen-bond acceptors (Lipinski definition) is 4. The van der Waals surface area contributed by atoms with Gasteiger partial charge in [0.25, 0.3) is 0 Å². The summed E-state index contributed by atoms with van der Waals surface area (Å²) in [6.07, 6.45) is -5.49. The first-order valence-electron chi connectivity index (χ1n) is 6.88. The van der Waals surface area contributed by atoms with E-state index in [1.807, 2.05) is 0 Å². The van der Waals surface area contributed by atoms with Crippen molar-refractivity contribution in [3.05, 3.63) is 29.3 Å². The number of aliphatic hydroxyl groups excluding tert-OH is 1. The molecule has 0 radical (unpaired) electrons. The molecule has 0 heterocycles. The Bertz CT molecular complexity index is 578. The number of carbonyl (C=O) groups is 1. The first-order valence-corrected chi connectivity index (χ1v) is 6.88. The number of benzene rings is 1. The van der Waals surface area contributed by atoms with E-state index in [-0.39, 0.29) is 11.3 Å². The third kappa shape index (κ3) is 5.40. The van der Waals surface area contributed by atoms with Crippen molar-refractivity contribution in [1.82, 2.24) is 0 Å². The van der Waals surface area contributed by atoms with E-state index in [4.69, 9.17) is 10.5 Å². The van der Waals surface area contributed by atoms with E-state index in [1.54, 1.807) is 20.8 Å². The van der Waals surface area contributed by atoms with Gasteiger partial charge >= 0.3 is 12.3 Å². The summed E-state index contributed by atoms with van der Waals surface area (Å²) >= 11 is 0. The number of halogens is 3. The zero-order valence-corrected chi connectivity index (χ0v) is 13.4. The van der Waals surface area contributed by atoms with Crippen LogP contribution in [0, 0.1) is 0 Å². The van der Waals surface area contributed by atoms with Crippen molar-refractivity contribution in [2.24, 2.45) is 5.73 Å². The van der Waals surface area contributed by atoms with Gasteiger partial charge in [-0.1, -0.05) is 6.07 Å². The summed E-state index contributed by atoms with van der Waals surface area (Å²) in [5, 5.41) is 11.6. The lowest BCUT2D eigenvalue weighted by molar-refractivity contribution is -0.137. The van der Waals surface area contributed by atoms with E-state index in [0.717, 1.165) is 18.2 Å². The largest absolute Gasteiger partial charge is 0.444 e. The summed E-state index contributed by atoms with van der Waals surface area (Å²) in [5.41, 5.74) is 2.80. The molecule has 1 aromatic rings. The molecule has 4 N–H and O–H groups in total. The maximum absolute atomic E-state index is 12.9. The number of hydrogen-bond donors (Lipinski definition) is 3. The molecule has 0 aliphatic heterocycles. The molecule has 0 bridgehead atoms. The number of nitrogens with one attached hydrogen (secondary N) is 1. The van der Waals surface area contributed by atoms with Crippen LogP contribution in [0.5, 0.6) is 0 Å². The molecule has 1 aromatic carbocycles. The molecule has 130 valence electrons. The quantitative estimate of drug-likeness (QED) is 0.792. The molecular weight excluding hydrogens is 313 g/mol. The van der Waals surface area contributed by atoms with E-state index < -0.39 is 35.6 Å². The van der Waals surface area contributed by atoms with E-state index in [2.05, 4.69) is 5.32 Å². The fourth-order valence-corrected chi connectivity index (χ4v) is 1.82. The third-order valence-corrected chi connectivity index (χ3v) is 2.93. The first kappa shape index (κ1) is 19.2. The van der Waals surface area contributed by atoms with Crippen LogP contribution < -0.4 is 11.1 Å². The highest BCUT2D eigenvalue weighted by molar-refractivity contribution is 5.86. The molecule has 0 spiro atoms. The minimum atomic E-state index is -4.58. The molecule has 1 rings (SSSR count). The Balaban J connectivity index is 3.26. The van der Waals surface area contributed by atoms with Gasteiger partial charge in [0.15, 0.2) is 0 Å². The topological polar surface area (TPSA) is 84.6 Å². The van der Waals surface area contributed by atoms with Crippen molar-refractivity contribution in [2.45, 2.75) is 45.0 Å². The Kier molecular flexibility index (Phi) is 5.33. The standard InChI is InChI=1S/C15H21F3N2O3/c1-13(2,3)23-12(22)20-11-7-9(15(16,17)18)5-6-10(11)14(4,19)8-21/h5-7,21H,8,19H2,1-4H3,(H,20,22). The van der Waals surface area contributed by atoms with Gasteiger partial charge < -0.3 is 15.6 Å². The average molecular weight is 334 g/mol. The van der Waals surface area contributed by atoms with E-state index in [9.17, 15) is 23.1 Å². The van der Waals surface area contributed by atoms with Crippen LogP contribution in [0.25, 0.3) is 0 Å². The molecule has 0 aliphatic rings. The molecule has 0 saturated heterocycles. The number of carbonyl (C=O) groups excluding carboxylic acids is 1. The number of anilines is 1. The molecule has 0 aromatic heterocycles. The van der Waals surface area contributed by atoms with Gasteiger partial charge in [0, 0.05) is 5.69 Å². The molecule has 1 atom stereocenters. The highest BCUT2D eigenvalue weighted by Gasteiger charge is 2.33. The summed E-state index contributed by atoms with van der Waals surface area (Å²) in [7, 11) is 0. The zero-order chi connectivity index (χ0) is 18.1. The fraction of sp³-hybridized carbons (Fsp3) is 0.533. The van der Waals surface area contributed by atoms with Gasteiger partial charge in [-0.2, -0.15) is 13.2 Å². The van der Waals surface area contributed by atoms with E-state index in [1.165, 1.54) is 6.92 Å². The highest BCUT2D eigenvalue weighted by Crippen LogP contribution is 2.35.